The van der Waals surface area contributed by atoms with Crippen LogP contribution in [-0.4, -0.2) is 56.6 Å². The van der Waals surface area contributed by atoms with Crippen LogP contribution in [0.25, 0.3) is 0 Å². The minimum Gasteiger partial charge on any atom is -0.329 e. The van der Waals surface area contributed by atoms with Crippen LogP contribution < -0.4 is 0 Å². The standard InChI is InChI=1S/C9H20NO5P/c1-10(2,3)6-9-15-16(12,13)14-8-5-4-7-11/h7H,4-6,8-9H2,1-3H3/p+1. The number of quaternary nitrogens is 1. The van der Waals surface area contributed by atoms with Gasteiger partial charge >= 0.3 is 7.82 Å². The topological polar surface area (TPSA) is 72.8 Å². The third-order valence-electron chi connectivity index (χ3n) is 1.74. The summed E-state index contributed by atoms with van der Waals surface area (Å²) < 4.78 is 21.4. The molecule has 1 N–H and O–H groups in total. The van der Waals surface area contributed by atoms with Gasteiger partial charge in [-0.15, -0.1) is 0 Å². The van der Waals surface area contributed by atoms with Crippen molar-refractivity contribution in [2.45, 2.75) is 12.8 Å². The molecule has 1 unspecified atom stereocenters. The highest BCUT2D eigenvalue weighted by atomic mass is 31.2. The summed E-state index contributed by atoms with van der Waals surface area (Å²) >= 11 is 0. The Hall–Kier alpha value is -0.260. The van der Waals surface area contributed by atoms with Crippen LogP contribution in [-0.2, 0) is 18.4 Å². The van der Waals surface area contributed by atoms with E-state index in [0.29, 0.717) is 23.9 Å². The average molecular weight is 254 g/mol. The van der Waals surface area contributed by atoms with Gasteiger partial charge in [-0.3, -0.25) is 9.05 Å². The number of carbonyl (C=O) groups is 1. The van der Waals surface area contributed by atoms with Gasteiger partial charge in [0.15, 0.2) is 0 Å². The maximum absolute atomic E-state index is 11.3. The van der Waals surface area contributed by atoms with E-state index < -0.39 is 7.82 Å². The number of phosphoric ester groups is 1. The van der Waals surface area contributed by atoms with Crippen molar-refractivity contribution in [2.24, 2.45) is 0 Å². The minimum absolute atomic E-state index is 0.0525. The molecule has 0 aromatic rings. The number of aldehydes is 1. The maximum Gasteiger partial charge on any atom is 0.472 e. The molecule has 0 rings (SSSR count). The predicted molar refractivity (Wildman–Crippen MR) is 59.9 cm³/mol. The molecule has 0 aliphatic carbocycles. The highest BCUT2D eigenvalue weighted by molar-refractivity contribution is 7.47. The summed E-state index contributed by atoms with van der Waals surface area (Å²) in [6, 6.07) is 0. The molecular formula is C9H21NO5P+. The number of hydrogen-bond acceptors (Lipinski definition) is 4. The SMILES string of the molecule is C[N+](C)(C)CCOP(=O)(O)OCCCC=O. The fraction of sp³-hybridized carbons (Fsp3) is 0.889. The number of phosphoric acid groups is 1. The third kappa shape index (κ3) is 10.3. The Balaban J connectivity index is 3.70. The van der Waals surface area contributed by atoms with E-state index in [2.05, 4.69) is 4.52 Å². The number of likely N-dealkylation sites (N-methyl/N-ethyl adjacent to an activating group) is 1. The van der Waals surface area contributed by atoms with Crippen molar-refractivity contribution in [3.63, 3.8) is 0 Å². The summed E-state index contributed by atoms with van der Waals surface area (Å²) in [6.45, 7) is 0.824. The second-order valence-corrected chi connectivity index (χ2v) is 5.91. The Bertz CT molecular complexity index is 251. The lowest BCUT2D eigenvalue weighted by Crippen LogP contribution is -2.37. The molecule has 0 amide bonds. The van der Waals surface area contributed by atoms with Gasteiger partial charge in [0.25, 0.3) is 0 Å². The van der Waals surface area contributed by atoms with E-state index in [1.807, 2.05) is 21.1 Å². The molecule has 0 aliphatic heterocycles. The van der Waals surface area contributed by atoms with Gasteiger partial charge in [-0.1, -0.05) is 0 Å². The number of nitrogens with zero attached hydrogens (tertiary/aromatic N) is 1. The van der Waals surface area contributed by atoms with Crippen LogP contribution in [0.15, 0.2) is 0 Å². The van der Waals surface area contributed by atoms with E-state index >= 15 is 0 Å². The van der Waals surface area contributed by atoms with Gasteiger partial charge in [0.1, 0.15) is 19.4 Å². The molecule has 1 atom stereocenters. The molecule has 16 heavy (non-hydrogen) atoms. The molecule has 0 saturated heterocycles. The average Bonchev–Trinajstić information content (AvgIpc) is 2.10. The first-order valence-electron chi connectivity index (χ1n) is 5.13. The predicted octanol–water partition coefficient (Wildman–Crippen LogP) is 0.805. The van der Waals surface area contributed by atoms with Crippen molar-refractivity contribution < 1.29 is 27.8 Å². The van der Waals surface area contributed by atoms with Crippen LogP contribution in [0, 0.1) is 0 Å². The fourth-order valence-electron chi connectivity index (χ4n) is 0.814. The fourth-order valence-corrected chi connectivity index (χ4v) is 1.56. The van der Waals surface area contributed by atoms with Gasteiger partial charge in [0, 0.05) is 6.42 Å². The van der Waals surface area contributed by atoms with E-state index in [4.69, 9.17) is 4.52 Å². The summed E-state index contributed by atoms with van der Waals surface area (Å²) in [5.41, 5.74) is 0. The first-order valence-corrected chi connectivity index (χ1v) is 6.62. The molecule has 0 aliphatic rings. The lowest BCUT2D eigenvalue weighted by Gasteiger charge is -2.23. The number of rotatable bonds is 9. The monoisotopic (exact) mass is 254 g/mol. The Labute approximate surface area is 96.4 Å². The summed E-state index contributed by atoms with van der Waals surface area (Å²) in [6.07, 6.45) is 1.48. The van der Waals surface area contributed by atoms with Gasteiger partial charge in [-0.2, -0.15) is 0 Å². The second kappa shape index (κ2) is 7.14. The first-order chi connectivity index (χ1) is 7.27. The molecular weight excluding hydrogens is 233 g/mol. The largest absolute Gasteiger partial charge is 0.472 e. The molecule has 0 fully saturated rings. The lowest BCUT2D eigenvalue weighted by molar-refractivity contribution is -0.870. The third-order valence-corrected chi connectivity index (χ3v) is 2.76. The molecule has 0 aromatic heterocycles. The normalized spacial score (nSPS) is 15.8. The van der Waals surface area contributed by atoms with E-state index in [1.54, 1.807) is 0 Å². The zero-order chi connectivity index (χ0) is 12.7. The van der Waals surface area contributed by atoms with E-state index in [0.717, 1.165) is 6.29 Å². The molecule has 0 radical (unpaired) electrons. The molecule has 7 heteroatoms. The van der Waals surface area contributed by atoms with Gasteiger partial charge < -0.3 is 14.2 Å². The Kier molecular flexibility index (Phi) is 7.03. The van der Waals surface area contributed by atoms with Crippen molar-refractivity contribution in [2.75, 3.05) is 40.9 Å². The summed E-state index contributed by atoms with van der Waals surface area (Å²) in [7, 11) is 1.92. The molecule has 0 spiro atoms. The molecule has 6 nitrogen and oxygen atoms in total. The van der Waals surface area contributed by atoms with Crippen LogP contribution >= 0.6 is 7.82 Å². The van der Waals surface area contributed by atoms with Crippen molar-refractivity contribution in [3.05, 3.63) is 0 Å². The van der Waals surface area contributed by atoms with Crippen LogP contribution in [0.1, 0.15) is 12.8 Å². The summed E-state index contributed by atoms with van der Waals surface area (Å²) in [5.74, 6) is 0. The minimum atomic E-state index is -3.94. The Morgan fingerprint density at radius 1 is 1.25 bits per heavy atom. The molecule has 0 aromatic carbocycles. The van der Waals surface area contributed by atoms with Gasteiger partial charge in [0.05, 0.1) is 27.7 Å². The first kappa shape index (κ1) is 15.7. The zero-order valence-corrected chi connectivity index (χ0v) is 11.0. The van der Waals surface area contributed by atoms with Crippen molar-refractivity contribution in [1.29, 1.82) is 0 Å². The smallest absolute Gasteiger partial charge is 0.329 e. The molecule has 0 saturated carbocycles. The quantitative estimate of drug-likeness (QED) is 0.285. The van der Waals surface area contributed by atoms with E-state index in [9.17, 15) is 14.3 Å². The van der Waals surface area contributed by atoms with Gasteiger partial charge in [0.2, 0.25) is 0 Å². The summed E-state index contributed by atoms with van der Waals surface area (Å²) in [5, 5.41) is 0. The van der Waals surface area contributed by atoms with Crippen LogP contribution in [0.2, 0.25) is 0 Å². The molecule has 96 valence electrons. The molecule has 0 bridgehead atoms. The number of hydrogen-bond donors (Lipinski definition) is 1. The van der Waals surface area contributed by atoms with Crippen LogP contribution in [0.3, 0.4) is 0 Å². The van der Waals surface area contributed by atoms with Gasteiger partial charge in [-0.25, -0.2) is 4.57 Å². The van der Waals surface area contributed by atoms with Crippen molar-refractivity contribution in [1.82, 2.24) is 0 Å². The van der Waals surface area contributed by atoms with Crippen LogP contribution in [0.4, 0.5) is 0 Å². The summed E-state index contributed by atoms with van der Waals surface area (Å²) in [4.78, 5) is 19.2. The number of unbranched alkanes of at least 4 members (excludes halogenated alkanes) is 1. The Morgan fingerprint density at radius 2 is 1.81 bits per heavy atom. The van der Waals surface area contributed by atoms with Crippen molar-refractivity contribution in [3.8, 4) is 0 Å². The van der Waals surface area contributed by atoms with Crippen molar-refractivity contribution >= 4 is 14.1 Å². The highest BCUT2D eigenvalue weighted by Crippen LogP contribution is 2.43. The zero-order valence-electron chi connectivity index (χ0n) is 10.1. The second-order valence-electron chi connectivity index (χ2n) is 4.46. The highest BCUT2D eigenvalue weighted by Gasteiger charge is 2.21. The molecule has 0 heterocycles. The van der Waals surface area contributed by atoms with Gasteiger partial charge in [-0.05, 0) is 6.42 Å². The maximum atomic E-state index is 11.3. The van der Waals surface area contributed by atoms with E-state index in [-0.39, 0.29) is 13.2 Å². The Morgan fingerprint density at radius 3 is 2.31 bits per heavy atom. The number of carbonyl (C=O) groups excluding carboxylic acids is 1. The van der Waals surface area contributed by atoms with E-state index in [1.165, 1.54) is 0 Å². The lowest BCUT2D eigenvalue weighted by atomic mass is 10.4. The van der Waals surface area contributed by atoms with Crippen LogP contribution in [0.5, 0.6) is 0 Å².